The van der Waals surface area contributed by atoms with Gasteiger partial charge in [-0.15, -0.1) is 31.7 Å². The average molecular weight is 400 g/mol. The van der Waals surface area contributed by atoms with E-state index >= 15 is 0 Å². The van der Waals surface area contributed by atoms with E-state index in [0.717, 1.165) is 27.2 Å². The molecule has 0 unspecified atom stereocenters. The van der Waals surface area contributed by atoms with Gasteiger partial charge in [0.05, 0.1) is 22.8 Å². The quantitative estimate of drug-likeness (QED) is 0.443. The van der Waals surface area contributed by atoms with Gasteiger partial charge in [-0.25, -0.2) is 0 Å². The van der Waals surface area contributed by atoms with E-state index in [4.69, 9.17) is 9.15 Å². The first-order valence-electron chi connectivity index (χ1n) is 8.24. The van der Waals surface area contributed by atoms with Crippen molar-refractivity contribution in [3.05, 3.63) is 47.7 Å². The van der Waals surface area contributed by atoms with Crippen LogP contribution in [0.4, 0.5) is 0 Å². The molecule has 4 rings (SSSR count). The van der Waals surface area contributed by atoms with Crippen molar-refractivity contribution in [2.75, 3.05) is 7.11 Å². The number of hydrogen-bond acceptors (Lipinski definition) is 8. The lowest BCUT2D eigenvalue weighted by Crippen LogP contribution is -1.98. The van der Waals surface area contributed by atoms with Crippen molar-refractivity contribution in [2.24, 2.45) is 7.05 Å². The summed E-state index contributed by atoms with van der Waals surface area (Å²) in [7, 11) is 3.58. The molecule has 3 heterocycles. The number of thiophene rings is 1. The van der Waals surface area contributed by atoms with E-state index in [2.05, 4.69) is 20.4 Å². The molecule has 0 amide bonds. The highest BCUT2D eigenvalue weighted by Crippen LogP contribution is 2.36. The topological polar surface area (TPSA) is 78.9 Å². The minimum absolute atomic E-state index is 0.0559. The summed E-state index contributed by atoms with van der Waals surface area (Å²) in [6.45, 7) is 2.01. The number of para-hydroxylation sites is 1. The van der Waals surface area contributed by atoms with Gasteiger partial charge < -0.3 is 13.7 Å². The van der Waals surface area contributed by atoms with E-state index in [9.17, 15) is 0 Å². The highest BCUT2D eigenvalue weighted by molar-refractivity contribution is 7.99. The van der Waals surface area contributed by atoms with Crippen LogP contribution in [0.25, 0.3) is 22.2 Å². The minimum atomic E-state index is -0.0559. The van der Waals surface area contributed by atoms with Crippen LogP contribution in [0.1, 0.15) is 18.1 Å². The third kappa shape index (κ3) is 3.47. The van der Waals surface area contributed by atoms with Crippen molar-refractivity contribution in [3.8, 4) is 27.9 Å². The molecule has 0 fully saturated rings. The Labute approximate surface area is 164 Å². The second kappa shape index (κ2) is 7.53. The Morgan fingerprint density at radius 3 is 2.74 bits per heavy atom. The fraction of sp³-hybridized carbons (Fsp3) is 0.222. The van der Waals surface area contributed by atoms with E-state index in [-0.39, 0.29) is 5.25 Å². The summed E-state index contributed by atoms with van der Waals surface area (Å²) in [6.07, 6.45) is 0. The van der Waals surface area contributed by atoms with Gasteiger partial charge in [0.2, 0.25) is 5.89 Å². The molecule has 4 aromatic rings. The van der Waals surface area contributed by atoms with Crippen LogP contribution in [0.2, 0.25) is 0 Å². The molecule has 0 aliphatic rings. The Bertz CT molecular complexity index is 1040. The maximum atomic E-state index is 5.82. The lowest BCUT2D eigenvalue weighted by Gasteiger charge is -2.09. The number of benzene rings is 1. The number of hydrogen-bond donors (Lipinski definition) is 0. The maximum absolute atomic E-state index is 5.82. The molecule has 0 spiro atoms. The molecule has 0 bridgehead atoms. The molecule has 0 aliphatic heterocycles. The van der Waals surface area contributed by atoms with E-state index in [1.165, 1.54) is 11.8 Å². The Balaban J connectivity index is 1.56. The van der Waals surface area contributed by atoms with Gasteiger partial charge in [0, 0.05) is 7.05 Å². The summed E-state index contributed by atoms with van der Waals surface area (Å²) in [4.78, 5) is 0.961. The van der Waals surface area contributed by atoms with Gasteiger partial charge in [-0.3, -0.25) is 0 Å². The molecular formula is C18H17N5O2S2. The number of rotatable bonds is 6. The Morgan fingerprint density at radius 2 is 1.96 bits per heavy atom. The predicted octanol–water partition coefficient (Wildman–Crippen LogP) is 4.46. The average Bonchev–Trinajstić information content (AvgIpc) is 3.43. The molecule has 0 aliphatic carbocycles. The molecule has 0 radical (unpaired) electrons. The second-order valence-corrected chi connectivity index (χ2v) is 8.00. The number of methoxy groups -OCH3 is 1. The van der Waals surface area contributed by atoms with E-state index in [1.807, 2.05) is 60.3 Å². The fourth-order valence-corrected chi connectivity index (χ4v) is 4.08. The van der Waals surface area contributed by atoms with Crippen LogP contribution in [0.15, 0.2) is 51.4 Å². The summed E-state index contributed by atoms with van der Waals surface area (Å²) in [5, 5.41) is 19.7. The highest BCUT2D eigenvalue weighted by Gasteiger charge is 2.21. The monoisotopic (exact) mass is 399 g/mol. The Morgan fingerprint density at radius 1 is 1.11 bits per heavy atom. The molecule has 27 heavy (non-hydrogen) atoms. The van der Waals surface area contributed by atoms with Crippen LogP contribution < -0.4 is 4.74 Å². The van der Waals surface area contributed by atoms with E-state index in [0.29, 0.717) is 11.8 Å². The van der Waals surface area contributed by atoms with Crippen LogP contribution in [0.5, 0.6) is 5.75 Å². The van der Waals surface area contributed by atoms with Crippen LogP contribution in [-0.4, -0.2) is 32.1 Å². The molecule has 138 valence electrons. The SMILES string of the molecule is COc1ccccc1-c1nnc(S[C@H](C)c2nnc(-c3cccs3)o2)n1C. The molecule has 9 heteroatoms. The molecular weight excluding hydrogens is 382 g/mol. The van der Waals surface area contributed by atoms with Gasteiger partial charge in [0.25, 0.3) is 5.89 Å². The fourth-order valence-electron chi connectivity index (χ4n) is 2.59. The van der Waals surface area contributed by atoms with Crippen LogP contribution >= 0.6 is 23.1 Å². The van der Waals surface area contributed by atoms with E-state index < -0.39 is 0 Å². The van der Waals surface area contributed by atoms with Crippen LogP contribution in [-0.2, 0) is 7.05 Å². The molecule has 7 nitrogen and oxygen atoms in total. The summed E-state index contributed by atoms with van der Waals surface area (Å²) in [5.74, 6) is 2.60. The number of aromatic nitrogens is 5. The smallest absolute Gasteiger partial charge is 0.257 e. The third-order valence-corrected chi connectivity index (χ3v) is 5.96. The summed E-state index contributed by atoms with van der Waals surface area (Å²) >= 11 is 3.09. The number of ether oxygens (including phenoxy) is 1. The maximum Gasteiger partial charge on any atom is 0.257 e. The van der Waals surface area contributed by atoms with Crippen LogP contribution in [0, 0.1) is 0 Å². The molecule has 1 atom stereocenters. The Kier molecular flexibility index (Phi) is 4.95. The number of nitrogens with zero attached hydrogens (tertiary/aromatic N) is 5. The van der Waals surface area contributed by atoms with Gasteiger partial charge in [0.15, 0.2) is 11.0 Å². The molecule has 0 N–H and O–H groups in total. The first-order valence-corrected chi connectivity index (χ1v) is 10.00. The molecule has 0 saturated carbocycles. The van der Waals surface area contributed by atoms with Crippen LogP contribution in [0.3, 0.4) is 0 Å². The van der Waals surface area contributed by atoms with Crippen molar-refractivity contribution >= 4 is 23.1 Å². The van der Waals surface area contributed by atoms with Crippen molar-refractivity contribution in [1.29, 1.82) is 0 Å². The standard InChI is InChI=1S/C18H17N5O2S2/c1-11(16-20-21-17(25-16)14-9-6-10-26-14)27-18-22-19-15(23(18)2)12-7-4-5-8-13(12)24-3/h4-11H,1-3H3/t11-/m1/s1. The normalized spacial score (nSPS) is 12.3. The number of thioether (sulfide) groups is 1. The van der Waals surface area contributed by atoms with Gasteiger partial charge in [-0.05, 0) is 30.5 Å². The second-order valence-electron chi connectivity index (χ2n) is 5.75. The van der Waals surface area contributed by atoms with E-state index in [1.54, 1.807) is 18.4 Å². The van der Waals surface area contributed by atoms with Gasteiger partial charge in [-0.1, -0.05) is 30.0 Å². The van der Waals surface area contributed by atoms with Crippen molar-refractivity contribution in [3.63, 3.8) is 0 Å². The van der Waals surface area contributed by atoms with Gasteiger partial charge >= 0.3 is 0 Å². The van der Waals surface area contributed by atoms with Gasteiger partial charge in [-0.2, -0.15) is 0 Å². The zero-order valence-electron chi connectivity index (χ0n) is 15.0. The molecule has 0 saturated heterocycles. The zero-order chi connectivity index (χ0) is 18.8. The lowest BCUT2D eigenvalue weighted by atomic mass is 10.2. The van der Waals surface area contributed by atoms with Gasteiger partial charge in [0.1, 0.15) is 5.75 Å². The molecule has 3 aromatic heterocycles. The van der Waals surface area contributed by atoms with Crippen molar-refractivity contribution in [2.45, 2.75) is 17.3 Å². The largest absolute Gasteiger partial charge is 0.496 e. The predicted molar refractivity (Wildman–Crippen MR) is 105 cm³/mol. The Hall–Kier alpha value is -2.65. The summed E-state index contributed by atoms with van der Waals surface area (Å²) in [5.41, 5.74) is 0.896. The minimum Gasteiger partial charge on any atom is -0.496 e. The first kappa shape index (κ1) is 17.7. The summed E-state index contributed by atoms with van der Waals surface area (Å²) in [6, 6.07) is 11.7. The third-order valence-electron chi connectivity index (χ3n) is 3.99. The zero-order valence-corrected chi connectivity index (χ0v) is 16.6. The lowest BCUT2D eigenvalue weighted by molar-refractivity contribution is 0.416. The van der Waals surface area contributed by atoms with Crippen molar-refractivity contribution < 1.29 is 9.15 Å². The summed E-state index contributed by atoms with van der Waals surface area (Å²) < 4.78 is 13.2. The first-order chi connectivity index (χ1) is 13.2. The highest BCUT2D eigenvalue weighted by atomic mass is 32.2. The van der Waals surface area contributed by atoms with Crippen molar-refractivity contribution in [1.82, 2.24) is 25.0 Å². The molecule has 1 aromatic carbocycles.